The lowest BCUT2D eigenvalue weighted by Gasteiger charge is -2.16. The molecule has 0 amide bonds. The molecule has 17 heavy (non-hydrogen) atoms. The molecule has 0 radical (unpaired) electrons. The van der Waals surface area contributed by atoms with Crippen molar-refractivity contribution in [2.75, 3.05) is 18.4 Å². The minimum Gasteiger partial charge on any atom is -0.379 e. The van der Waals surface area contributed by atoms with Crippen LogP contribution in [0.15, 0.2) is 18.5 Å². The molecule has 4 nitrogen and oxygen atoms in total. The molecule has 1 saturated carbocycles. The lowest BCUT2D eigenvalue weighted by molar-refractivity contribution is 0.326. The Morgan fingerprint density at radius 2 is 2.29 bits per heavy atom. The fraction of sp³-hybridized carbons (Fsp3) is 0.538. The molecule has 1 aromatic heterocycles. The van der Waals surface area contributed by atoms with Crippen molar-refractivity contribution < 1.29 is 0 Å². The Kier molecular flexibility index (Phi) is 2.69. The maximum absolute atomic E-state index is 9.01. The van der Waals surface area contributed by atoms with Crippen LogP contribution in [-0.4, -0.2) is 35.1 Å². The SMILES string of the molecule is N#Cc1ccncc1NC1CCN(C2CC2)C1. The fourth-order valence-corrected chi connectivity index (χ4v) is 2.50. The van der Waals surface area contributed by atoms with Crippen LogP contribution < -0.4 is 5.32 Å². The normalized spacial score (nSPS) is 24.5. The lowest BCUT2D eigenvalue weighted by Crippen LogP contribution is -2.27. The van der Waals surface area contributed by atoms with E-state index in [1.807, 2.05) is 0 Å². The number of hydrogen-bond donors (Lipinski definition) is 1. The minimum atomic E-state index is 0.465. The number of pyridine rings is 1. The molecule has 0 spiro atoms. The van der Waals surface area contributed by atoms with Gasteiger partial charge in [0.25, 0.3) is 0 Å². The first-order valence-corrected chi connectivity index (χ1v) is 6.21. The molecular weight excluding hydrogens is 212 g/mol. The van der Waals surface area contributed by atoms with E-state index < -0.39 is 0 Å². The van der Waals surface area contributed by atoms with Crippen molar-refractivity contribution in [2.45, 2.75) is 31.3 Å². The Morgan fingerprint density at radius 3 is 3.06 bits per heavy atom. The van der Waals surface area contributed by atoms with E-state index in [-0.39, 0.29) is 0 Å². The van der Waals surface area contributed by atoms with Crippen LogP contribution in [0.1, 0.15) is 24.8 Å². The number of anilines is 1. The summed E-state index contributed by atoms with van der Waals surface area (Å²) in [6.45, 7) is 2.29. The van der Waals surface area contributed by atoms with Gasteiger partial charge in [-0.25, -0.2) is 0 Å². The highest BCUT2D eigenvalue weighted by Crippen LogP contribution is 2.30. The van der Waals surface area contributed by atoms with Gasteiger partial charge in [0, 0.05) is 31.4 Å². The summed E-state index contributed by atoms with van der Waals surface area (Å²) >= 11 is 0. The van der Waals surface area contributed by atoms with Crippen molar-refractivity contribution in [3.8, 4) is 6.07 Å². The Bertz CT molecular complexity index is 447. The topological polar surface area (TPSA) is 52.0 Å². The van der Waals surface area contributed by atoms with E-state index in [2.05, 4.69) is 21.3 Å². The number of hydrogen-bond acceptors (Lipinski definition) is 4. The molecule has 1 unspecified atom stereocenters. The molecule has 1 saturated heterocycles. The molecule has 2 fully saturated rings. The predicted molar refractivity (Wildman–Crippen MR) is 65.6 cm³/mol. The van der Waals surface area contributed by atoms with Gasteiger partial charge in [0.1, 0.15) is 6.07 Å². The van der Waals surface area contributed by atoms with E-state index in [0.29, 0.717) is 11.6 Å². The molecule has 2 aliphatic rings. The van der Waals surface area contributed by atoms with Gasteiger partial charge in [0.15, 0.2) is 0 Å². The van der Waals surface area contributed by atoms with E-state index in [1.165, 1.54) is 19.4 Å². The first-order valence-electron chi connectivity index (χ1n) is 6.21. The molecule has 1 aromatic rings. The third-order valence-corrected chi connectivity index (χ3v) is 3.58. The molecule has 88 valence electrons. The number of nitrogens with zero attached hydrogens (tertiary/aromatic N) is 3. The van der Waals surface area contributed by atoms with Crippen LogP contribution in [0.2, 0.25) is 0 Å². The van der Waals surface area contributed by atoms with Crippen molar-refractivity contribution in [1.82, 2.24) is 9.88 Å². The van der Waals surface area contributed by atoms with Gasteiger partial charge in [0.05, 0.1) is 17.4 Å². The Balaban J connectivity index is 1.65. The molecule has 1 N–H and O–H groups in total. The van der Waals surface area contributed by atoms with Gasteiger partial charge in [-0.3, -0.25) is 9.88 Å². The Hall–Kier alpha value is -1.60. The average Bonchev–Trinajstić information content (AvgIpc) is 3.11. The van der Waals surface area contributed by atoms with Crippen molar-refractivity contribution in [1.29, 1.82) is 5.26 Å². The molecule has 1 aliphatic carbocycles. The first kappa shape index (κ1) is 10.5. The van der Waals surface area contributed by atoms with Gasteiger partial charge >= 0.3 is 0 Å². The number of likely N-dealkylation sites (tertiary alicyclic amines) is 1. The fourth-order valence-electron chi connectivity index (χ4n) is 2.50. The number of rotatable bonds is 3. The highest BCUT2D eigenvalue weighted by Gasteiger charge is 2.34. The zero-order valence-electron chi connectivity index (χ0n) is 9.76. The third-order valence-electron chi connectivity index (χ3n) is 3.58. The second-order valence-electron chi connectivity index (χ2n) is 4.89. The summed E-state index contributed by atoms with van der Waals surface area (Å²) in [7, 11) is 0. The van der Waals surface area contributed by atoms with E-state index >= 15 is 0 Å². The summed E-state index contributed by atoms with van der Waals surface area (Å²) in [6, 6.07) is 5.26. The van der Waals surface area contributed by atoms with Gasteiger partial charge in [-0.1, -0.05) is 0 Å². The van der Waals surface area contributed by atoms with Gasteiger partial charge in [0.2, 0.25) is 0 Å². The van der Waals surface area contributed by atoms with Gasteiger partial charge in [-0.2, -0.15) is 5.26 Å². The predicted octanol–water partition coefficient (Wildman–Crippen LogP) is 1.60. The van der Waals surface area contributed by atoms with Crippen molar-refractivity contribution in [2.24, 2.45) is 0 Å². The Morgan fingerprint density at radius 1 is 1.41 bits per heavy atom. The molecule has 4 heteroatoms. The van der Waals surface area contributed by atoms with Crippen LogP contribution in [-0.2, 0) is 0 Å². The molecule has 0 bridgehead atoms. The van der Waals surface area contributed by atoms with E-state index in [1.54, 1.807) is 18.5 Å². The zero-order valence-corrected chi connectivity index (χ0v) is 9.76. The van der Waals surface area contributed by atoms with Crippen LogP contribution in [0.5, 0.6) is 0 Å². The summed E-state index contributed by atoms with van der Waals surface area (Å²) in [6.07, 6.45) is 7.30. The van der Waals surface area contributed by atoms with Gasteiger partial charge in [-0.05, 0) is 25.3 Å². The molecule has 1 atom stereocenters. The second kappa shape index (κ2) is 4.34. The highest BCUT2D eigenvalue weighted by molar-refractivity contribution is 5.56. The molecule has 3 rings (SSSR count). The third kappa shape index (κ3) is 2.25. The summed E-state index contributed by atoms with van der Waals surface area (Å²) in [5.41, 5.74) is 1.56. The van der Waals surface area contributed by atoms with Gasteiger partial charge in [-0.15, -0.1) is 0 Å². The minimum absolute atomic E-state index is 0.465. The van der Waals surface area contributed by atoms with Crippen molar-refractivity contribution in [3.63, 3.8) is 0 Å². The molecule has 1 aliphatic heterocycles. The van der Waals surface area contributed by atoms with E-state index in [0.717, 1.165) is 24.7 Å². The smallest absolute Gasteiger partial charge is 0.101 e. The van der Waals surface area contributed by atoms with Crippen molar-refractivity contribution >= 4 is 5.69 Å². The standard InChI is InChI=1S/C13H16N4/c14-7-10-3-5-15-8-13(10)16-11-4-6-17(9-11)12-1-2-12/h3,5,8,11-12,16H,1-2,4,6,9H2. The zero-order chi connectivity index (χ0) is 11.7. The molecule has 2 heterocycles. The average molecular weight is 228 g/mol. The summed E-state index contributed by atoms with van der Waals surface area (Å²) < 4.78 is 0. The maximum atomic E-state index is 9.01. The summed E-state index contributed by atoms with van der Waals surface area (Å²) in [5.74, 6) is 0. The van der Waals surface area contributed by atoms with Crippen LogP contribution in [0.3, 0.4) is 0 Å². The Labute approximate surface area is 101 Å². The molecule has 0 aromatic carbocycles. The summed E-state index contributed by atoms with van der Waals surface area (Å²) in [5, 5.41) is 12.5. The van der Waals surface area contributed by atoms with E-state index in [9.17, 15) is 0 Å². The highest BCUT2D eigenvalue weighted by atomic mass is 15.2. The maximum Gasteiger partial charge on any atom is 0.101 e. The molecular formula is C13H16N4. The monoisotopic (exact) mass is 228 g/mol. The number of nitrogens with one attached hydrogen (secondary N) is 1. The van der Waals surface area contributed by atoms with Crippen LogP contribution >= 0.6 is 0 Å². The number of nitriles is 1. The van der Waals surface area contributed by atoms with Gasteiger partial charge < -0.3 is 5.32 Å². The quantitative estimate of drug-likeness (QED) is 0.853. The second-order valence-corrected chi connectivity index (χ2v) is 4.89. The first-order chi connectivity index (χ1) is 8.36. The number of aromatic nitrogens is 1. The van der Waals surface area contributed by atoms with E-state index in [4.69, 9.17) is 5.26 Å². The van der Waals surface area contributed by atoms with Crippen molar-refractivity contribution in [3.05, 3.63) is 24.0 Å². The largest absolute Gasteiger partial charge is 0.379 e. The van der Waals surface area contributed by atoms with Crippen LogP contribution in [0, 0.1) is 11.3 Å². The van der Waals surface area contributed by atoms with Crippen LogP contribution in [0.4, 0.5) is 5.69 Å². The summed E-state index contributed by atoms with van der Waals surface area (Å²) in [4.78, 5) is 6.63. The lowest BCUT2D eigenvalue weighted by atomic mass is 10.2. The van der Waals surface area contributed by atoms with Crippen LogP contribution in [0.25, 0.3) is 0 Å².